The first-order chi connectivity index (χ1) is 11.0. The Bertz CT molecular complexity index is 773. The number of para-hydroxylation sites is 1. The van der Waals surface area contributed by atoms with Crippen LogP contribution in [0.15, 0.2) is 60.7 Å². The Morgan fingerprint density at radius 3 is 2.38 bits per heavy atom. The Morgan fingerprint density at radius 1 is 1.04 bits per heavy atom. The molecule has 0 radical (unpaired) electrons. The Kier molecular flexibility index (Phi) is 5.86. The van der Waals surface area contributed by atoms with E-state index in [-0.39, 0.29) is 29.4 Å². The molecule has 0 aromatic heterocycles. The van der Waals surface area contributed by atoms with Gasteiger partial charge in [0.25, 0.3) is 0 Å². The van der Waals surface area contributed by atoms with E-state index in [4.69, 9.17) is 0 Å². The minimum Gasteiger partial charge on any atom is -1.00 e. The number of phenolic OH excluding ortho intramolecular Hbond substituents is 1. The summed E-state index contributed by atoms with van der Waals surface area (Å²) in [5.41, 5.74) is 5.30. The van der Waals surface area contributed by atoms with Gasteiger partial charge < -0.3 is 29.1 Å². The fourth-order valence-corrected chi connectivity index (χ4v) is 3.42. The Morgan fingerprint density at radius 2 is 1.71 bits per heavy atom. The van der Waals surface area contributed by atoms with Crippen LogP contribution in [0.4, 0.5) is 5.69 Å². The van der Waals surface area contributed by atoms with Gasteiger partial charge in [-0.15, -0.1) is 0 Å². The number of nitrogens with zero attached hydrogens (tertiary/aromatic N) is 1. The number of halogens is 1. The summed E-state index contributed by atoms with van der Waals surface area (Å²) in [6.07, 6.45) is 5.35. The van der Waals surface area contributed by atoms with Gasteiger partial charge >= 0.3 is 0 Å². The molecule has 3 heteroatoms. The van der Waals surface area contributed by atoms with E-state index in [1.54, 1.807) is 12.1 Å². The van der Waals surface area contributed by atoms with Gasteiger partial charge in [-0.3, -0.25) is 0 Å². The van der Waals surface area contributed by atoms with E-state index in [9.17, 15) is 5.11 Å². The summed E-state index contributed by atoms with van der Waals surface area (Å²) in [6, 6.07) is 16.1. The molecule has 0 fully saturated rings. The van der Waals surface area contributed by atoms with Crippen LogP contribution in [0.2, 0.25) is 0 Å². The molecule has 1 aliphatic rings. The summed E-state index contributed by atoms with van der Waals surface area (Å²) in [5.74, 6) is 0.316. The van der Waals surface area contributed by atoms with Gasteiger partial charge in [-0.1, -0.05) is 36.4 Å². The summed E-state index contributed by atoms with van der Waals surface area (Å²) in [5, 5.41) is 9.36. The number of allylic oxidation sites excluding steroid dienone is 2. The monoisotopic (exact) mass is 433 g/mol. The normalized spacial score (nSPS) is 15.5. The van der Waals surface area contributed by atoms with E-state index in [1.165, 1.54) is 22.5 Å². The van der Waals surface area contributed by atoms with Gasteiger partial charge in [0.1, 0.15) is 12.3 Å². The zero-order valence-corrected chi connectivity index (χ0v) is 16.6. The van der Waals surface area contributed by atoms with Crippen LogP contribution in [-0.4, -0.2) is 21.9 Å². The van der Waals surface area contributed by atoms with E-state index >= 15 is 0 Å². The van der Waals surface area contributed by atoms with E-state index in [0.29, 0.717) is 5.75 Å². The molecule has 0 spiro atoms. The standard InChI is InChI=1S/C21H23NO.HI/c1-4-22-19-10-6-5-9-18(19)21(2,3)20(22)11-7-8-16-12-14-17(23)15-13-16;/h5-7,9-15H,4,8H2,1-3H3;1H. The second kappa shape index (κ2) is 7.51. The molecule has 0 aliphatic carbocycles. The molecule has 0 saturated carbocycles. The molecule has 0 unspecified atom stereocenters. The van der Waals surface area contributed by atoms with Gasteiger partial charge in [-0.25, -0.2) is 0 Å². The summed E-state index contributed by atoms with van der Waals surface area (Å²) >= 11 is 0. The third kappa shape index (κ3) is 3.41. The molecule has 0 saturated heterocycles. The third-order valence-corrected chi connectivity index (χ3v) is 4.68. The van der Waals surface area contributed by atoms with Crippen molar-refractivity contribution in [3.05, 3.63) is 71.8 Å². The summed E-state index contributed by atoms with van der Waals surface area (Å²) in [7, 11) is 0. The summed E-state index contributed by atoms with van der Waals surface area (Å²) in [6.45, 7) is 7.76. The maximum atomic E-state index is 9.36. The van der Waals surface area contributed by atoms with Gasteiger partial charge in [0, 0.05) is 17.7 Å². The molecule has 3 rings (SSSR count). The zero-order chi connectivity index (χ0) is 16.4. The molecule has 2 aromatic rings. The van der Waals surface area contributed by atoms with E-state index < -0.39 is 0 Å². The lowest BCUT2D eigenvalue weighted by Gasteiger charge is -2.15. The predicted molar refractivity (Wildman–Crippen MR) is 95.9 cm³/mol. The third-order valence-electron chi connectivity index (χ3n) is 4.68. The summed E-state index contributed by atoms with van der Waals surface area (Å²) in [4.78, 5) is 0. The number of hydrogen-bond donors (Lipinski definition) is 1. The van der Waals surface area contributed by atoms with Gasteiger partial charge in [-0.2, -0.15) is 4.58 Å². The van der Waals surface area contributed by atoms with Crippen molar-refractivity contribution in [3.63, 3.8) is 0 Å². The first-order valence-corrected chi connectivity index (χ1v) is 8.23. The second-order valence-electron chi connectivity index (χ2n) is 6.54. The van der Waals surface area contributed by atoms with Gasteiger partial charge in [-0.05, 0) is 44.9 Å². The number of benzene rings is 2. The lowest BCUT2D eigenvalue weighted by Crippen LogP contribution is -3.00. The van der Waals surface area contributed by atoms with Crippen LogP contribution in [-0.2, 0) is 11.8 Å². The van der Waals surface area contributed by atoms with Crippen molar-refractivity contribution < 1.29 is 33.7 Å². The highest BCUT2D eigenvalue weighted by Gasteiger charge is 2.43. The topological polar surface area (TPSA) is 23.2 Å². The van der Waals surface area contributed by atoms with Crippen LogP contribution >= 0.6 is 0 Å². The quantitative estimate of drug-likeness (QED) is 0.575. The fraction of sp³-hybridized carbons (Fsp3) is 0.286. The average molecular weight is 433 g/mol. The maximum absolute atomic E-state index is 9.36. The fourth-order valence-electron chi connectivity index (χ4n) is 3.42. The number of aromatic hydroxyl groups is 1. The minimum absolute atomic E-state index is 0. The molecule has 1 N–H and O–H groups in total. The van der Waals surface area contributed by atoms with Crippen molar-refractivity contribution in [3.8, 4) is 5.75 Å². The van der Waals surface area contributed by atoms with Crippen LogP contribution < -0.4 is 24.0 Å². The number of rotatable bonds is 4. The smallest absolute Gasteiger partial charge is 0.209 e. The van der Waals surface area contributed by atoms with Crippen LogP contribution in [0.25, 0.3) is 0 Å². The molecule has 0 atom stereocenters. The maximum Gasteiger partial charge on any atom is 0.209 e. The molecule has 2 aromatic carbocycles. The van der Waals surface area contributed by atoms with E-state index in [2.05, 4.69) is 61.8 Å². The highest BCUT2D eigenvalue weighted by Crippen LogP contribution is 2.39. The van der Waals surface area contributed by atoms with Crippen LogP contribution in [0.5, 0.6) is 5.75 Å². The highest BCUT2D eigenvalue weighted by atomic mass is 127. The lowest BCUT2D eigenvalue weighted by atomic mass is 9.81. The lowest BCUT2D eigenvalue weighted by molar-refractivity contribution is -0.433. The second-order valence-corrected chi connectivity index (χ2v) is 6.54. The van der Waals surface area contributed by atoms with Crippen LogP contribution in [0.3, 0.4) is 0 Å². The summed E-state index contributed by atoms with van der Waals surface area (Å²) < 4.78 is 2.41. The van der Waals surface area contributed by atoms with Crippen molar-refractivity contribution in [2.24, 2.45) is 0 Å². The van der Waals surface area contributed by atoms with Gasteiger partial charge in [0.15, 0.2) is 5.71 Å². The molecular weight excluding hydrogens is 409 g/mol. The Balaban J connectivity index is 0.00000208. The average Bonchev–Trinajstić information content (AvgIpc) is 2.77. The molecule has 126 valence electrons. The van der Waals surface area contributed by atoms with Gasteiger partial charge in [0.2, 0.25) is 5.69 Å². The van der Waals surface area contributed by atoms with E-state index in [1.807, 2.05) is 12.1 Å². The molecule has 24 heavy (non-hydrogen) atoms. The van der Waals surface area contributed by atoms with Crippen LogP contribution in [0.1, 0.15) is 31.9 Å². The van der Waals surface area contributed by atoms with Gasteiger partial charge in [0.05, 0.1) is 5.41 Å². The first kappa shape index (κ1) is 18.7. The highest BCUT2D eigenvalue weighted by molar-refractivity contribution is 6.03. The molecule has 1 aliphatic heterocycles. The molecule has 0 bridgehead atoms. The number of phenols is 1. The van der Waals surface area contributed by atoms with Crippen molar-refractivity contribution in [1.82, 2.24) is 0 Å². The number of fused-ring (bicyclic) bond motifs is 1. The van der Waals surface area contributed by atoms with Crippen molar-refractivity contribution in [2.75, 3.05) is 6.54 Å². The molecule has 2 nitrogen and oxygen atoms in total. The zero-order valence-electron chi connectivity index (χ0n) is 14.5. The van der Waals surface area contributed by atoms with Crippen LogP contribution in [0, 0.1) is 0 Å². The number of hydrogen-bond acceptors (Lipinski definition) is 1. The molecule has 0 amide bonds. The molecular formula is C21H24INO. The minimum atomic E-state index is 0. The van der Waals surface area contributed by atoms with Crippen molar-refractivity contribution in [1.29, 1.82) is 0 Å². The van der Waals surface area contributed by atoms with Crippen molar-refractivity contribution >= 4 is 11.4 Å². The molecule has 1 heterocycles. The SMILES string of the molecule is CC[N+]1=C(C=CCc2ccc(O)cc2)C(C)(C)c2ccccc21.[I-]. The Labute approximate surface area is 161 Å². The predicted octanol–water partition coefficient (Wildman–Crippen LogP) is 1.59. The first-order valence-electron chi connectivity index (χ1n) is 8.23. The van der Waals surface area contributed by atoms with Crippen molar-refractivity contribution in [2.45, 2.75) is 32.6 Å². The largest absolute Gasteiger partial charge is 1.00 e. The van der Waals surface area contributed by atoms with E-state index in [0.717, 1.165) is 13.0 Å². The Hall–Kier alpha value is -1.62.